The molecule has 0 aromatic heterocycles. The Labute approximate surface area is 141 Å². The molecule has 2 aromatic rings. The van der Waals surface area contributed by atoms with Crippen molar-refractivity contribution in [2.24, 2.45) is 9.98 Å². The van der Waals surface area contributed by atoms with Crippen LogP contribution in [0.25, 0.3) is 0 Å². The molecule has 119 valence electrons. The number of aromatic hydroxyl groups is 2. The Bertz CT molecular complexity index is 572. The van der Waals surface area contributed by atoms with Crippen molar-refractivity contribution >= 4 is 12.4 Å². The van der Waals surface area contributed by atoms with Gasteiger partial charge in [0.1, 0.15) is 11.5 Å². The number of para-hydroxylation sites is 2. The summed E-state index contributed by atoms with van der Waals surface area (Å²) in [6, 6.07) is 14.1. The maximum Gasteiger partial charge on any atom is 0.124 e. The van der Waals surface area contributed by atoms with Crippen LogP contribution in [-0.2, 0) is 16.8 Å². The molecule has 0 aliphatic heterocycles. The first-order valence-corrected chi connectivity index (χ1v) is 6.33. The molecular formula is C17H19CoN2O2-. The van der Waals surface area contributed by atoms with Gasteiger partial charge in [0.25, 0.3) is 0 Å². The Morgan fingerprint density at radius 3 is 1.45 bits per heavy atom. The second kappa shape index (κ2) is 10.6. The van der Waals surface area contributed by atoms with Gasteiger partial charge in [-0.05, 0) is 24.3 Å². The minimum Gasteiger partial charge on any atom is -0.507 e. The maximum atomic E-state index is 9.54. The molecule has 0 saturated heterocycles. The van der Waals surface area contributed by atoms with Gasteiger partial charge in [0, 0.05) is 40.3 Å². The Hall–Kier alpha value is -2.11. The van der Waals surface area contributed by atoms with Crippen LogP contribution in [0, 0.1) is 7.43 Å². The summed E-state index contributed by atoms with van der Waals surface area (Å²) in [5.41, 5.74) is 1.38. The van der Waals surface area contributed by atoms with Crippen LogP contribution in [0.1, 0.15) is 11.1 Å². The van der Waals surface area contributed by atoms with E-state index in [-0.39, 0.29) is 35.7 Å². The quantitative estimate of drug-likeness (QED) is 0.498. The third-order valence-electron chi connectivity index (χ3n) is 2.69. The molecule has 0 spiro atoms. The molecule has 0 saturated carbocycles. The van der Waals surface area contributed by atoms with E-state index in [2.05, 4.69) is 9.98 Å². The van der Waals surface area contributed by atoms with Crippen molar-refractivity contribution < 1.29 is 27.0 Å². The topological polar surface area (TPSA) is 65.2 Å². The summed E-state index contributed by atoms with van der Waals surface area (Å²) in [4.78, 5) is 8.39. The average molecular weight is 342 g/mol. The van der Waals surface area contributed by atoms with E-state index in [0.717, 1.165) is 0 Å². The van der Waals surface area contributed by atoms with Gasteiger partial charge in [0.2, 0.25) is 0 Å². The van der Waals surface area contributed by atoms with Gasteiger partial charge in [-0.2, -0.15) is 0 Å². The van der Waals surface area contributed by atoms with Crippen molar-refractivity contribution in [3.63, 3.8) is 0 Å². The van der Waals surface area contributed by atoms with E-state index in [4.69, 9.17) is 0 Å². The molecule has 0 amide bonds. The molecule has 2 N–H and O–H groups in total. The molecule has 1 radical (unpaired) electrons. The van der Waals surface area contributed by atoms with Crippen molar-refractivity contribution in [2.45, 2.75) is 0 Å². The number of hydrogen-bond donors (Lipinski definition) is 2. The number of aliphatic imine (C=N–C) groups is 2. The van der Waals surface area contributed by atoms with Gasteiger partial charge in [-0.3, -0.25) is 9.98 Å². The molecule has 0 fully saturated rings. The van der Waals surface area contributed by atoms with E-state index in [1.165, 1.54) is 0 Å². The predicted octanol–water partition coefficient (Wildman–Crippen LogP) is 3.08. The van der Waals surface area contributed by atoms with Crippen LogP contribution >= 0.6 is 0 Å². The zero-order valence-corrected chi connectivity index (χ0v) is 13.4. The Morgan fingerprint density at radius 1 is 0.727 bits per heavy atom. The smallest absolute Gasteiger partial charge is 0.124 e. The number of phenols is 2. The van der Waals surface area contributed by atoms with E-state index in [9.17, 15) is 10.2 Å². The molecule has 0 atom stereocenters. The summed E-state index contributed by atoms with van der Waals surface area (Å²) in [6.07, 6.45) is 3.26. The molecule has 0 aliphatic carbocycles. The molecular weight excluding hydrogens is 323 g/mol. The van der Waals surface area contributed by atoms with Gasteiger partial charge in [-0.25, -0.2) is 0 Å². The van der Waals surface area contributed by atoms with E-state index in [0.29, 0.717) is 24.2 Å². The fourth-order valence-electron chi connectivity index (χ4n) is 1.63. The monoisotopic (exact) mass is 342 g/mol. The minimum absolute atomic E-state index is 0. The summed E-state index contributed by atoms with van der Waals surface area (Å²) in [5, 5.41) is 19.1. The zero-order chi connectivity index (χ0) is 14.2. The first-order chi connectivity index (χ1) is 9.77. The molecule has 5 heteroatoms. The van der Waals surface area contributed by atoms with E-state index in [1.54, 1.807) is 48.8 Å². The van der Waals surface area contributed by atoms with Crippen LogP contribution in [0.4, 0.5) is 0 Å². The fraction of sp³-hybridized carbons (Fsp3) is 0.118. The van der Waals surface area contributed by atoms with E-state index >= 15 is 0 Å². The summed E-state index contributed by atoms with van der Waals surface area (Å²) >= 11 is 0. The van der Waals surface area contributed by atoms with E-state index in [1.807, 2.05) is 12.1 Å². The van der Waals surface area contributed by atoms with Gasteiger partial charge < -0.3 is 17.6 Å². The van der Waals surface area contributed by atoms with Gasteiger partial charge >= 0.3 is 0 Å². The van der Waals surface area contributed by atoms with Crippen LogP contribution in [-0.4, -0.2) is 35.7 Å². The Morgan fingerprint density at radius 2 is 1.09 bits per heavy atom. The zero-order valence-electron chi connectivity index (χ0n) is 12.3. The number of nitrogens with zero attached hydrogens (tertiary/aromatic N) is 2. The fourth-order valence-corrected chi connectivity index (χ4v) is 1.63. The third kappa shape index (κ3) is 6.11. The van der Waals surface area contributed by atoms with Crippen LogP contribution in [0.3, 0.4) is 0 Å². The molecule has 0 unspecified atom stereocenters. The number of benzene rings is 2. The van der Waals surface area contributed by atoms with Gasteiger partial charge in [-0.15, -0.1) is 0 Å². The van der Waals surface area contributed by atoms with Crippen molar-refractivity contribution in [1.29, 1.82) is 0 Å². The van der Waals surface area contributed by atoms with Gasteiger partial charge in [0.15, 0.2) is 0 Å². The molecule has 4 nitrogen and oxygen atoms in total. The van der Waals surface area contributed by atoms with Crippen molar-refractivity contribution in [3.8, 4) is 11.5 Å². The molecule has 0 heterocycles. The number of rotatable bonds is 5. The van der Waals surface area contributed by atoms with Crippen LogP contribution in [0.15, 0.2) is 58.5 Å². The summed E-state index contributed by atoms with van der Waals surface area (Å²) in [6.45, 7) is 1.05. The second-order valence-corrected chi connectivity index (χ2v) is 4.19. The van der Waals surface area contributed by atoms with Gasteiger partial charge in [-0.1, -0.05) is 24.3 Å². The molecule has 0 bridgehead atoms. The Kier molecular flexibility index (Phi) is 9.57. The average Bonchev–Trinajstić information content (AvgIpc) is 2.46. The second-order valence-electron chi connectivity index (χ2n) is 4.19. The SMILES string of the molecule is Oc1ccccc1C=NCCN=Cc1ccccc1O.[CH3-].[Co]. The van der Waals surface area contributed by atoms with Crippen LogP contribution in [0.5, 0.6) is 11.5 Å². The molecule has 0 aliphatic rings. The maximum absolute atomic E-state index is 9.54. The first-order valence-electron chi connectivity index (χ1n) is 6.33. The largest absolute Gasteiger partial charge is 0.507 e. The minimum atomic E-state index is 0. The summed E-state index contributed by atoms with van der Waals surface area (Å²) in [5.74, 6) is 0.433. The molecule has 2 rings (SSSR count). The summed E-state index contributed by atoms with van der Waals surface area (Å²) in [7, 11) is 0. The third-order valence-corrected chi connectivity index (χ3v) is 2.69. The predicted molar refractivity (Wildman–Crippen MR) is 87.5 cm³/mol. The van der Waals surface area contributed by atoms with Crippen molar-refractivity contribution in [2.75, 3.05) is 13.1 Å². The van der Waals surface area contributed by atoms with Crippen molar-refractivity contribution in [3.05, 3.63) is 67.1 Å². The van der Waals surface area contributed by atoms with E-state index < -0.39 is 0 Å². The Balaban J connectivity index is 0.00000220. The molecule has 2 aromatic carbocycles. The van der Waals surface area contributed by atoms with Gasteiger partial charge in [0.05, 0.1) is 13.1 Å². The van der Waals surface area contributed by atoms with Crippen LogP contribution < -0.4 is 0 Å². The first kappa shape index (κ1) is 19.9. The standard InChI is InChI=1S/C16H16N2O2.CH3.Co/c19-15-7-3-1-5-13(15)11-17-9-10-18-12-14-6-2-4-8-16(14)20;;/h1-8,11-12,19-20H,9-10H2;1H3;/q;-1;. The molecule has 22 heavy (non-hydrogen) atoms. The number of phenolic OH excluding ortho intramolecular Hbond substituents is 2. The van der Waals surface area contributed by atoms with Crippen molar-refractivity contribution in [1.82, 2.24) is 0 Å². The normalized spacial score (nSPS) is 10.4. The van der Waals surface area contributed by atoms with Crippen LogP contribution in [0.2, 0.25) is 0 Å². The summed E-state index contributed by atoms with van der Waals surface area (Å²) < 4.78 is 0. The number of hydrogen-bond acceptors (Lipinski definition) is 4.